The molecule has 0 aliphatic carbocycles. The van der Waals surface area contributed by atoms with Crippen molar-refractivity contribution in [3.63, 3.8) is 0 Å². The van der Waals surface area contributed by atoms with Crippen LogP contribution in [0.15, 0.2) is 41.2 Å². The molecular formula is C12H15N3O2. The first-order valence-electron chi connectivity index (χ1n) is 5.53. The third kappa shape index (κ3) is 4.34. The zero-order valence-corrected chi connectivity index (χ0v) is 9.50. The molecule has 0 fully saturated rings. The molecule has 0 unspecified atom stereocenters. The number of hydrogen-bond donors (Lipinski definition) is 1. The lowest BCUT2D eigenvalue weighted by molar-refractivity contribution is 0.122. The number of nitrogens with one attached hydrogen (secondary N) is 1. The maximum atomic E-state index is 5.51. The second kappa shape index (κ2) is 6.78. The molecule has 5 nitrogen and oxygen atoms in total. The SMILES string of the molecule is c1ccc(COCCNCc2ncon2)cc1. The van der Waals surface area contributed by atoms with Crippen LogP contribution >= 0.6 is 0 Å². The Hall–Kier alpha value is -1.72. The molecule has 2 aromatic rings. The van der Waals surface area contributed by atoms with Gasteiger partial charge in [-0.05, 0) is 5.56 Å². The topological polar surface area (TPSA) is 60.2 Å². The van der Waals surface area contributed by atoms with Crippen LogP contribution in [0.1, 0.15) is 11.4 Å². The van der Waals surface area contributed by atoms with Gasteiger partial charge in [-0.15, -0.1) is 0 Å². The molecule has 1 N–H and O–H groups in total. The van der Waals surface area contributed by atoms with Gasteiger partial charge in [-0.25, -0.2) is 0 Å². The van der Waals surface area contributed by atoms with Gasteiger partial charge in [0.25, 0.3) is 0 Å². The molecule has 0 saturated carbocycles. The molecule has 0 aliphatic rings. The number of nitrogens with zero attached hydrogens (tertiary/aromatic N) is 2. The Labute approximate surface area is 99.8 Å². The molecular weight excluding hydrogens is 218 g/mol. The Bertz CT molecular complexity index is 403. The summed E-state index contributed by atoms with van der Waals surface area (Å²) in [4.78, 5) is 3.90. The largest absolute Gasteiger partial charge is 0.375 e. The summed E-state index contributed by atoms with van der Waals surface area (Å²) >= 11 is 0. The normalized spacial score (nSPS) is 10.6. The molecule has 0 saturated heterocycles. The fourth-order valence-corrected chi connectivity index (χ4v) is 1.38. The molecule has 90 valence electrons. The molecule has 5 heteroatoms. The van der Waals surface area contributed by atoms with Crippen LogP contribution in [-0.4, -0.2) is 23.3 Å². The molecule has 0 spiro atoms. The number of aromatic nitrogens is 2. The average Bonchev–Trinajstić information content (AvgIpc) is 2.88. The summed E-state index contributed by atoms with van der Waals surface area (Å²) in [5.74, 6) is 0.660. The molecule has 17 heavy (non-hydrogen) atoms. The van der Waals surface area contributed by atoms with Crippen LogP contribution in [0.25, 0.3) is 0 Å². The highest BCUT2D eigenvalue weighted by atomic mass is 16.5. The first-order valence-corrected chi connectivity index (χ1v) is 5.53. The smallest absolute Gasteiger partial charge is 0.213 e. The van der Waals surface area contributed by atoms with Crippen molar-refractivity contribution in [2.45, 2.75) is 13.2 Å². The Balaban J connectivity index is 1.52. The van der Waals surface area contributed by atoms with Gasteiger partial charge >= 0.3 is 0 Å². The second-order valence-electron chi connectivity index (χ2n) is 3.56. The van der Waals surface area contributed by atoms with Crippen molar-refractivity contribution < 1.29 is 9.26 Å². The van der Waals surface area contributed by atoms with Gasteiger partial charge in [-0.2, -0.15) is 4.98 Å². The van der Waals surface area contributed by atoms with E-state index in [1.807, 2.05) is 30.3 Å². The van der Waals surface area contributed by atoms with Gasteiger partial charge in [0.1, 0.15) is 0 Å². The van der Waals surface area contributed by atoms with E-state index >= 15 is 0 Å². The zero-order chi connectivity index (χ0) is 11.8. The van der Waals surface area contributed by atoms with Crippen molar-refractivity contribution in [2.75, 3.05) is 13.2 Å². The van der Waals surface area contributed by atoms with E-state index < -0.39 is 0 Å². The van der Waals surface area contributed by atoms with E-state index in [4.69, 9.17) is 4.74 Å². The summed E-state index contributed by atoms with van der Waals surface area (Å²) in [6.07, 6.45) is 1.32. The van der Waals surface area contributed by atoms with Gasteiger partial charge in [-0.3, -0.25) is 0 Å². The van der Waals surface area contributed by atoms with E-state index in [9.17, 15) is 0 Å². The van der Waals surface area contributed by atoms with Gasteiger partial charge in [0.05, 0.1) is 19.8 Å². The van der Waals surface area contributed by atoms with Crippen molar-refractivity contribution in [1.29, 1.82) is 0 Å². The summed E-state index contributed by atoms with van der Waals surface area (Å²) in [6.45, 7) is 2.67. The van der Waals surface area contributed by atoms with Gasteiger partial charge in [-0.1, -0.05) is 35.5 Å². The predicted molar refractivity (Wildman–Crippen MR) is 62.1 cm³/mol. The zero-order valence-electron chi connectivity index (χ0n) is 9.50. The monoisotopic (exact) mass is 233 g/mol. The fraction of sp³-hybridized carbons (Fsp3) is 0.333. The lowest BCUT2D eigenvalue weighted by Gasteiger charge is -2.04. The Kier molecular flexibility index (Phi) is 4.69. The highest BCUT2D eigenvalue weighted by Crippen LogP contribution is 1.99. The highest BCUT2D eigenvalue weighted by molar-refractivity contribution is 5.13. The fourth-order valence-electron chi connectivity index (χ4n) is 1.38. The number of benzene rings is 1. The van der Waals surface area contributed by atoms with Gasteiger partial charge in [0, 0.05) is 6.54 Å². The third-order valence-electron chi connectivity index (χ3n) is 2.22. The second-order valence-corrected chi connectivity index (χ2v) is 3.56. The van der Waals surface area contributed by atoms with Gasteiger partial charge < -0.3 is 14.6 Å². The van der Waals surface area contributed by atoms with Gasteiger partial charge in [0.2, 0.25) is 6.39 Å². The van der Waals surface area contributed by atoms with E-state index in [-0.39, 0.29) is 0 Å². The summed E-state index contributed by atoms with van der Waals surface area (Å²) in [7, 11) is 0. The summed E-state index contributed by atoms with van der Waals surface area (Å²) in [5, 5.41) is 6.86. The number of rotatable bonds is 7. The standard InChI is InChI=1S/C12H15N3O2/c1-2-4-11(5-3-1)9-16-7-6-13-8-12-14-10-17-15-12/h1-5,10,13H,6-9H2. The average molecular weight is 233 g/mol. The molecule has 0 aliphatic heterocycles. The predicted octanol–water partition coefficient (Wildman–Crippen LogP) is 1.38. The first kappa shape index (κ1) is 11.8. The third-order valence-corrected chi connectivity index (χ3v) is 2.22. The number of hydrogen-bond acceptors (Lipinski definition) is 5. The van der Waals surface area contributed by atoms with E-state index in [0.29, 0.717) is 25.6 Å². The van der Waals surface area contributed by atoms with Crippen LogP contribution in [0.2, 0.25) is 0 Å². The summed E-state index contributed by atoms with van der Waals surface area (Å²) in [6, 6.07) is 10.1. The van der Waals surface area contributed by atoms with Crippen LogP contribution < -0.4 is 5.32 Å². The van der Waals surface area contributed by atoms with Crippen molar-refractivity contribution >= 4 is 0 Å². The Morgan fingerprint density at radius 3 is 2.88 bits per heavy atom. The van der Waals surface area contributed by atoms with Crippen LogP contribution in [0.3, 0.4) is 0 Å². The summed E-state index contributed by atoms with van der Waals surface area (Å²) in [5.41, 5.74) is 1.19. The highest BCUT2D eigenvalue weighted by Gasteiger charge is 1.96. The van der Waals surface area contributed by atoms with Crippen LogP contribution in [0, 0.1) is 0 Å². The molecule has 1 aromatic heterocycles. The molecule has 0 atom stereocenters. The lowest BCUT2D eigenvalue weighted by Crippen LogP contribution is -2.19. The molecule has 1 aromatic carbocycles. The van der Waals surface area contributed by atoms with Crippen molar-refractivity contribution in [3.8, 4) is 0 Å². The van der Waals surface area contributed by atoms with E-state index in [1.54, 1.807) is 0 Å². The van der Waals surface area contributed by atoms with Crippen LogP contribution in [0.4, 0.5) is 0 Å². The first-order chi connectivity index (χ1) is 8.45. The molecule has 0 radical (unpaired) electrons. The minimum Gasteiger partial charge on any atom is -0.375 e. The maximum Gasteiger partial charge on any atom is 0.213 e. The van der Waals surface area contributed by atoms with Crippen molar-refractivity contribution in [1.82, 2.24) is 15.5 Å². The molecule has 0 bridgehead atoms. The molecule has 1 heterocycles. The van der Waals surface area contributed by atoms with E-state index in [1.165, 1.54) is 12.0 Å². The maximum absolute atomic E-state index is 5.51. The Morgan fingerprint density at radius 1 is 1.24 bits per heavy atom. The molecule has 2 rings (SSSR count). The molecule has 0 amide bonds. The quantitative estimate of drug-likeness (QED) is 0.732. The van der Waals surface area contributed by atoms with Gasteiger partial charge in [0.15, 0.2) is 5.82 Å². The van der Waals surface area contributed by atoms with Crippen molar-refractivity contribution in [3.05, 3.63) is 48.1 Å². The van der Waals surface area contributed by atoms with Crippen LogP contribution in [-0.2, 0) is 17.9 Å². The van der Waals surface area contributed by atoms with Crippen molar-refractivity contribution in [2.24, 2.45) is 0 Å². The Morgan fingerprint density at radius 2 is 2.12 bits per heavy atom. The van der Waals surface area contributed by atoms with Crippen LogP contribution in [0.5, 0.6) is 0 Å². The minimum absolute atomic E-state index is 0.602. The minimum atomic E-state index is 0.602. The summed E-state index contributed by atoms with van der Waals surface area (Å²) < 4.78 is 10.1. The van der Waals surface area contributed by atoms with E-state index in [0.717, 1.165) is 6.54 Å². The number of ether oxygens (including phenoxy) is 1. The lowest BCUT2D eigenvalue weighted by atomic mass is 10.2. The van der Waals surface area contributed by atoms with E-state index in [2.05, 4.69) is 20.0 Å².